The van der Waals surface area contributed by atoms with Gasteiger partial charge < -0.3 is 9.64 Å². The Balaban J connectivity index is 1.61. The van der Waals surface area contributed by atoms with Crippen LogP contribution in [0.4, 0.5) is 5.69 Å². The molecular weight excluding hydrogens is 388 g/mol. The van der Waals surface area contributed by atoms with Crippen molar-refractivity contribution in [2.45, 2.75) is 31.1 Å². The van der Waals surface area contributed by atoms with Gasteiger partial charge in [0.15, 0.2) is 0 Å². The summed E-state index contributed by atoms with van der Waals surface area (Å²) in [7, 11) is -2.10. The van der Waals surface area contributed by atoms with Crippen LogP contribution in [0.1, 0.15) is 30.4 Å². The van der Waals surface area contributed by atoms with Crippen LogP contribution >= 0.6 is 0 Å². The first-order valence-corrected chi connectivity index (χ1v) is 10.9. The van der Waals surface area contributed by atoms with Crippen LogP contribution in [0.5, 0.6) is 5.75 Å². The summed E-state index contributed by atoms with van der Waals surface area (Å²) in [6.07, 6.45) is 2.56. The summed E-state index contributed by atoms with van der Waals surface area (Å²) in [5.41, 5.74) is 2.38. The van der Waals surface area contributed by atoms with E-state index in [1.807, 2.05) is 24.3 Å². The number of piperidine rings is 1. The van der Waals surface area contributed by atoms with Crippen LogP contribution in [0.25, 0.3) is 0 Å². The van der Waals surface area contributed by atoms with Crippen molar-refractivity contribution in [2.75, 3.05) is 25.1 Å². The van der Waals surface area contributed by atoms with Gasteiger partial charge in [-0.15, -0.1) is 0 Å². The summed E-state index contributed by atoms with van der Waals surface area (Å²) >= 11 is 0. The quantitative estimate of drug-likeness (QED) is 0.767. The third kappa shape index (κ3) is 5.17. The number of benzene rings is 2. The SMILES string of the molecule is COc1ccc(S(=O)(=O)NCC#Cc2ccc(N3CCCCC3=O)cc2)cc1C. The Kier molecular flexibility index (Phi) is 6.57. The van der Waals surface area contributed by atoms with E-state index in [0.717, 1.165) is 36.2 Å². The van der Waals surface area contributed by atoms with Crippen LogP contribution in [-0.4, -0.2) is 34.5 Å². The Morgan fingerprint density at radius 1 is 1.14 bits per heavy atom. The average molecular weight is 413 g/mol. The molecule has 2 aromatic rings. The lowest BCUT2D eigenvalue weighted by Gasteiger charge is -2.26. The fourth-order valence-corrected chi connectivity index (χ4v) is 4.19. The van der Waals surface area contributed by atoms with Gasteiger partial charge in [0.1, 0.15) is 5.75 Å². The number of rotatable bonds is 5. The predicted molar refractivity (Wildman–Crippen MR) is 112 cm³/mol. The highest BCUT2D eigenvalue weighted by Crippen LogP contribution is 2.22. The molecular formula is C22H24N2O4S. The maximum atomic E-state index is 12.4. The first-order valence-electron chi connectivity index (χ1n) is 9.44. The lowest BCUT2D eigenvalue weighted by molar-refractivity contribution is -0.119. The van der Waals surface area contributed by atoms with Gasteiger partial charge in [-0.05, 0) is 67.8 Å². The number of hydrogen-bond acceptors (Lipinski definition) is 4. The molecule has 1 amide bonds. The number of hydrogen-bond donors (Lipinski definition) is 1. The number of carbonyl (C=O) groups is 1. The molecule has 0 saturated carbocycles. The summed E-state index contributed by atoms with van der Waals surface area (Å²) < 4.78 is 32.4. The standard InChI is InChI=1S/C22H24N2O4S/c1-17-16-20(12-13-21(17)28-2)29(26,27)23-14-5-6-18-8-10-19(11-9-18)24-15-4-3-7-22(24)25/h8-13,16,23H,3-4,7,14-15H2,1-2H3. The van der Waals surface area contributed by atoms with Gasteiger partial charge in [-0.1, -0.05) is 11.8 Å². The second-order valence-corrected chi connectivity index (χ2v) is 8.57. The normalized spacial score (nSPS) is 14.3. The van der Waals surface area contributed by atoms with E-state index in [1.54, 1.807) is 31.1 Å². The van der Waals surface area contributed by atoms with Crippen LogP contribution in [-0.2, 0) is 14.8 Å². The van der Waals surface area contributed by atoms with Gasteiger partial charge in [0.25, 0.3) is 0 Å². The number of ether oxygens (including phenoxy) is 1. The third-order valence-corrected chi connectivity index (χ3v) is 6.16. The second-order valence-electron chi connectivity index (χ2n) is 6.81. The Bertz CT molecular complexity index is 1050. The molecule has 0 aliphatic carbocycles. The van der Waals surface area contributed by atoms with Crippen molar-refractivity contribution >= 4 is 21.6 Å². The van der Waals surface area contributed by atoms with E-state index < -0.39 is 10.0 Å². The topological polar surface area (TPSA) is 75.7 Å². The summed E-state index contributed by atoms with van der Waals surface area (Å²) in [5.74, 6) is 6.55. The molecule has 0 unspecified atom stereocenters. The van der Waals surface area contributed by atoms with Crippen molar-refractivity contribution in [3.8, 4) is 17.6 Å². The number of amides is 1. The minimum absolute atomic E-state index is 0.000226. The molecule has 1 fully saturated rings. The van der Waals surface area contributed by atoms with Crippen LogP contribution < -0.4 is 14.4 Å². The molecule has 29 heavy (non-hydrogen) atoms. The highest BCUT2D eigenvalue weighted by Gasteiger charge is 2.19. The van der Waals surface area contributed by atoms with E-state index in [9.17, 15) is 13.2 Å². The number of anilines is 1. The van der Waals surface area contributed by atoms with Crippen molar-refractivity contribution in [1.29, 1.82) is 0 Å². The molecule has 1 heterocycles. The van der Waals surface area contributed by atoms with E-state index >= 15 is 0 Å². The molecule has 0 radical (unpaired) electrons. The Labute approximate surface area is 171 Å². The highest BCUT2D eigenvalue weighted by atomic mass is 32.2. The van der Waals surface area contributed by atoms with Gasteiger partial charge >= 0.3 is 0 Å². The molecule has 0 bridgehead atoms. The van der Waals surface area contributed by atoms with Gasteiger partial charge in [-0.3, -0.25) is 4.79 Å². The van der Waals surface area contributed by atoms with Gasteiger partial charge in [0, 0.05) is 24.2 Å². The maximum absolute atomic E-state index is 12.4. The van der Waals surface area contributed by atoms with Crippen molar-refractivity contribution in [3.05, 3.63) is 53.6 Å². The van der Waals surface area contributed by atoms with E-state index in [1.165, 1.54) is 6.07 Å². The lowest BCUT2D eigenvalue weighted by atomic mass is 10.1. The van der Waals surface area contributed by atoms with E-state index in [0.29, 0.717) is 12.2 Å². The smallest absolute Gasteiger partial charge is 0.241 e. The zero-order valence-corrected chi connectivity index (χ0v) is 17.4. The summed E-state index contributed by atoms with van der Waals surface area (Å²) in [4.78, 5) is 14.0. The van der Waals surface area contributed by atoms with E-state index in [-0.39, 0.29) is 17.3 Å². The van der Waals surface area contributed by atoms with Crippen LogP contribution in [0.3, 0.4) is 0 Å². The van der Waals surface area contributed by atoms with Crippen molar-refractivity contribution < 1.29 is 17.9 Å². The minimum Gasteiger partial charge on any atom is -0.496 e. The predicted octanol–water partition coefficient (Wildman–Crippen LogP) is 2.85. The van der Waals surface area contributed by atoms with E-state index in [2.05, 4.69) is 16.6 Å². The van der Waals surface area contributed by atoms with Crippen LogP contribution in [0.15, 0.2) is 47.4 Å². The molecule has 1 saturated heterocycles. The molecule has 2 aromatic carbocycles. The molecule has 0 atom stereocenters. The molecule has 1 aliphatic rings. The molecule has 3 rings (SSSR count). The number of methoxy groups -OCH3 is 1. The number of carbonyl (C=O) groups excluding carboxylic acids is 1. The number of sulfonamides is 1. The van der Waals surface area contributed by atoms with Gasteiger partial charge in [0.05, 0.1) is 18.6 Å². The summed E-state index contributed by atoms with van der Waals surface area (Å²) in [6.45, 7) is 2.54. The molecule has 0 spiro atoms. The van der Waals surface area contributed by atoms with Gasteiger partial charge in [-0.25, -0.2) is 8.42 Å². The summed E-state index contributed by atoms with van der Waals surface area (Å²) in [5, 5.41) is 0. The maximum Gasteiger partial charge on any atom is 0.241 e. The minimum atomic E-state index is -3.64. The Hall–Kier alpha value is -2.82. The fraction of sp³-hybridized carbons (Fsp3) is 0.318. The molecule has 1 aliphatic heterocycles. The molecule has 152 valence electrons. The van der Waals surface area contributed by atoms with Crippen LogP contribution in [0.2, 0.25) is 0 Å². The van der Waals surface area contributed by atoms with Crippen molar-refractivity contribution in [2.24, 2.45) is 0 Å². The fourth-order valence-electron chi connectivity index (χ4n) is 3.18. The number of aryl methyl sites for hydroxylation is 1. The number of nitrogens with zero attached hydrogens (tertiary/aromatic N) is 1. The zero-order chi connectivity index (χ0) is 20.9. The molecule has 1 N–H and O–H groups in total. The third-order valence-electron chi connectivity index (χ3n) is 4.76. The Morgan fingerprint density at radius 3 is 2.55 bits per heavy atom. The van der Waals surface area contributed by atoms with Crippen LogP contribution in [0, 0.1) is 18.8 Å². The lowest BCUT2D eigenvalue weighted by Crippen LogP contribution is -2.35. The Morgan fingerprint density at radius 2 is 1.90 bits per heavy atom. The summed E-state index contributed by atoms with van der Waals surface area (Å²) in [6, 6.07) is 12.1. The second kappa shape index (κ2) is 9.12. The number of nitrogens with one attached hydrogen (secondary N) is 1. The monoisotopic (exact) mass is 412 g/mol. The average Bonchev–Trinajstić information content (AvgIpc) is 2.72. The first kappa shape index (κ1) is 20.9. The van der Waals surface area contributed by atoms with Crippen molar-refractivity contribution in [3.63, 3.8) is 0 Å². The largest absolute Gasteiger partial charge is 0.496 e. The van der Waals surface area contributed by atoms with E-state index in [4.69, 9.17) is 4.74 Å². The first-order chi connectivity index (χ1) is 13.9. The van der Waals surface area contributed by atoms with Gasteiger partial charge in [-0.2, -0.15) is 4.72 Å². The molecule has 0 aromatic heterocycles. The zero-order valence-electron chi connectivity index (χ0n) is 16.6. The van der Waals surface area contributed by atoms with Gasteiger partial charge in [0.2, 0.25) is 15.9 Å². The molecule has 6 nitrogen and oxygen atoms in total. The molecule has 7 heteroatoms. The highest BCUT2D eigenvalue weighted by molar-refractivity contribution is 7.89. The van der Waals surface area contributed by atoms with Crippen molar-refractivity contribution in [1.82, 2.24) is 4.72 Å².